The summed E-state index contributed by atoms with van der Waals surface area (Å²) in [4.78, 5) is 24.7. The van der Waals surface area contributed by atoms with Gasteiger partial charge in [-0.3, -0.25) is 25.8 Å². The van der Waals surface area contributed by atoms with Crippen LogP contribution in [0.4, 0.5) is 0 Å². The van der Waals surface area contributed by atoms with E-state index in [1.807, 2.05) is 30.3 Å². The minimum atomic E-state index is -0.472. The van der Waals surface area contributed by atoms with E-state index in [4.69, 9.17) is 31.2 Å². The lowest BCUT2D eigenvalue weighted by Gasteiger charge is -2.12. The molecule has 0 radical (unpaired) electrons. The molecular formula is C25H25N3O6S. The molecule has 10 heteroatoms. The van der Waals surface area contributed by atoms with E-state index in [-0.39, 0.29) is 5.11 Å². The summed E-state index contributed by atoms with van der Waals surface area (Å²) < 4.78 is 21.5. The Kier molecular flexibility index (Phi) is 9.26. The molecule has 0 heterocycles. The van der Waals surface area contributed by atoms with E-state index in [9.17, 15) is 9.59 Å². The number of nitrogens with one attached hydrogen (secondary N) is 3. The number of carbonyl (C=O) groups is 2. The highest BCUT2D eigenvalue weighted by atomic mass is 32.1. The number of rotatable bonds is 9. The van der Waals surface area contributed by atoms with Gasteiger partial charge in [0.15, 0.2) is 16.6 Å². The summed E-state index contributed by atoms with van der Waals surface area (Å²) in [6, 6.07) is 20.7. The third kappa shape index (κ3) is 7.61. The molecule has 3 aromatic rings. The minimum absolute atomic E-state index is 0.0674. The van der Waals surface area contributed by atoms with Gasteiger partial charge in [-0.05, 0) is 66.8 Å². The molecule has 0 saturated carbocycles. The Morgan fingerprint density at radius 3 is 1.94 bits per heavy atom. The van der Waals surface area contributed by atoms with E-state index >= 15 is 0 Å². The number of para-hydroxylation sites is 1. The van der Waals surface area contributed by atoms with E-state index in [1.165, 1.54) is 20.3 Å². The van der Waals surface area contributed by atoms with Crippen LogP contribution in [0.5, 0.6) is 23.0 Å². The van der Waals surface area contributed by atoms with Crippen molar-refractivity contribution in [3.8, 4) is 23.0 Å². The number of ether oxygens (including phenoxy) is 4. The molecule has 0 saturated heterocycles. The largest absolute Gasteiger partial charge is 0.493 e. The number of hydrogen-bond acceptors (Lipinski definition) is 7. The Hall–Kier alpha value is -4.31. The Morgan fingerprint density at radius 2 is 1.31 bits per heavy atom. The second-order valence-electron chi connectivity index (χ2n) is 6.97. The van der Waals surface area contributed by atoms with Crippen LogP contribution in [0.3, 0.4) is 0 Å². The van der Waals surface area contributed by atoms with Crippen LogP contribution in [0.2, 0.25) is 0 Å². The molecule has 0 unspecified atom stereocenters. The fraction of sp³-hybridized carbons (Fsp3) is 0.160. The van der Waals surface area contributed by atoms with Gasteiger partial charge in [0.25, 0.3) is 11.8 Å². The minimum Gasteiger partial charge on any atom is -0.493 e. The van der Waals surface area contributed by atoms with E-state index in [2.05, 4.69) is 16.2 Å². The Labute approximate surface area is 208 Å². The van der Waals surface area contributed by atoms with Gasteiger partial charge in [0, 0.05) is 11.1 Å². The average molecular weight is 496 g/mol. The van der Waals surface area contributed by atoms with Crippen molar-refractivity contribution in [3.63, 3.8) is 0 Å². The molecule has 0 spiro atoms. The molecule has 0 aliphatic heterocycles. The standard InChI is InChI=1S/C25H25N3O6S/c1-31-21-13-10-18(16-22(21)32-2)24(30)27-28-25(35)26-23(29)17-8-11-20(12-9-17)34-15-14-33-19-6-4-3-5-7-19/h3-13,16H,14-15H2,1-2H3,(H,27,30)(H2,26,28,29,35). The highest BCUT2D eigenvalue weighted by Gasteiger charge is 2.12. The van der Waals surface area contributed by atoms with Crippen molar-refractivity contribution < 1.29 is 28.5 Å². The third-order valence-electron chi connectivity index (χ3n) is 4.64. The fourth-order valence-electron chi connectivity index (χ4n) is 2.91. The third-order valence-corrected chi connectivity index (χ3v) is 4.85. The molecule has 3 N–H and O–H groups in total. The van der Waals surface area contributed by atoms with Crippen molar-refractivity contribution in [2.24, 2.45) is 0 Å². The normalized spacial score (nSPS) is 10.0. The number of carbonyl (C=O) groups excluding carboxylic acids is 2. The van der Waals surface area contributed by atoms with Gasteiger partial charge >= 0.3 is 0 Å². The zero-order chi connectivity index (χ0) is 25.0. The summed E-state index contributed by atoms with van der Waals surface area (Å²) in [5, 5.41) is 2.43. The second-order valence-corrected chi connectivity index (χ2v) is 7.37. The molecule has 0 bridgehead atoms. The Morgan fingerprint density at radius 1 is 0.714 bits per heavy atom. The smallest absolute Gasteiger partial charge is 0.269 e. The van der Waals surface area contributed by atoms with Crippen molar-refractivity contribution in [3.05, 3.63) is 83.9 Å². The molecule has 0 aliphatic rings. The van der Waals surface area contributed by atoms with Gasteiger partial charge in [-0.1, -0.05) is 18.2 Å². The van der Waals surface area contributed by atoms with E-state index in [0.717, 1.165) is 5.75 Å². The first kappa shape index (κ1) is 25.3. The van der Waals surface area contributed by atoms with Gasteiger partial charge in [0.05, 0.1) is 14.2 Å². The first-order valence-electron chi connectivity index (χ1n) is 10.5. The molecule has 35 heavy (non-hydrogen) atoms. The number of hydrazine groups is 1. The first-order valence-corrected chi connectivity index (χ1v) is 11.0. The van der Waals surface area contributed by atoms with Crippen molar-refractivity contribution >= 4 is 29.1 Å². The lowest BCUT2D eigenvalue weighted by Crippen LogP contribution is -2.48. The second kappa shape index (κ2) is 12.8. The van der Waals surface area contributed by atoms with Crippen LogP contribution >= 0.6 is 12.2 Å². The lowest BCUT2D eigenvalue weighted by molar-refractivity contribution is 0.0934. The molecule has 3 aromatic carbocycles. The SMILES string of the molecule is COc1ccc(C(=O)NNC(=S)NC(=O)c2ccc(OCCOc3ccccc3)cc2)cc1OC. The van der Waals surface area contributed by atoms with E-state index < -0.39 is 11.8 Å². The molecular weight excluding hydrogens is 470 g/mol. The molecule has 0 fully saturated rings. The van der Waals surface area contributed by atoms with Crippen LogP contribution < -0.4 is 35.1 Å². The Bertz CT molecular complexity index is 1160. The van der Waals surface area contributed by atoms with Crippen molar-refractivity contribution in [2.75, 3.05) is 27.4 Å². The van der Waals surface area contributed by atoms with Crippen LogP contribution in [-0.2, 0) is 0 Å². The summed E-state index contributed by atoms with van der Waals surface area (Å²) in [7, 11) is 2.98. The quantitative estimate of drug-likeness (QED) is 0.236. The molecule has 3 rings (SSSR count). The summed E-state index contributed by atoms with van der Waals surface area (Å²) in [5.74, 6) is 1.36. The highest BCUT2D eigenvalue weighted by molar-refractivity contribution is 7.80. The monoisotopic (exact) mass is 495 g/mol. The van der Waals surface area contributed by atoms with Crippen LogP contribution in [0, 0.1) is 0 Å². The summed E-state index contributed by atoms with van der Waals surface area (Å²) in [6.45, 7) is 0.745. The predicted molar refractivity (Wildman–Crippen MR) is 134 cm³/mol. The molecule has 2 amide bonds. The number of hydrogen-bond donors (Lipinski definition) is 3. The van der Waals surface area contributed by atoms with E-state index in [1.54, 1.807) is 36.4 Å². The summed E-state index contributed by atoms with van der Waals surface area (Å²) >= 11 is 5.08. The first-order chi connectivity index (χ1) is 17.0. The molecule has 0 atom stereocenters. The maximum atomic E-state index is 12.4. The maximum absolute atomic E-state index is 12.4. The molecule has 182 valence electrons. The molecule has 9 nitrogen and oxygen atoms in total. The number of methoxy groups -OCH3 is 2. The van der Waals surface area contributed by atoms with Gasteiger partial charge in [-0.2, -0.15) is 0 Å². The number of thiocarbonyl (C=S) groups is 1. The van der Waals surface area contributed by atoms with Gasteiger partial charge < -0.3 is 18.9 Å². The zero-order valence-electron chi connectivity index (χ0n) is 19.2. The molecule has 0 aliphatic carbocycles. The maximum Gasteiger partial charge on any atom is 0.269 e. The summed E-state index contributed by atoms with van der Waals surface area (Å²) in [5.41, 5.74) is 5.60. The van der Waals surface area contributed by atoms with Gasteiger partial charge in [0.2, 0.25) is 0 Å². The average Bonchev–Trinajstić information content (AvgIpc) is 2.90. The Balaban J connectivity index is 1.41. The topological polar surface area (TPSA) is 107 Å². The van der Waals surface area contributed by atoms with Gasteiger partial charge in [-0.25, -0.2) is 0 Å². The van der Waals surface area contributed by atoms with Crippen molar-refractivity contribution in [2.45, 2.75) is 0 Å². The summed E-state index contributed by atoms with van der Waals surface area (Å²) in [6.07, 6.45) is 0. The highest BCUT2D eigenvalue weighted by Crippen LogP contribution is 2.27. The van der Waals surface area contributed by atoms with Crippen LogP contribution in [0.15, 0.2) is 72.8 Å². The van der Waals surface area contributed by atoms with E-state index in [0.29, 0.717) is 41.6 Å². The zero-order valence-corrected chi connectivity index (χ0v) is 20.0. The lowest BCUT2D eigenvalue weighted by atomic mass is 10.2. The van der Waals surface area contributed by atoms with Crippen molar-refractivity contribution in [1.29, 1.82) is 0 Å². The fourth-order valence-corrected chi connectivity index (χ4v) is 3.05. The number of benzene rings is 3. The van der Waals surface area contributed by atoms with Crippen LogP contribution in [0.1, 0.15) is 20.7 Å². The molecule has 0 aromatic heterocycles. The van der Waals surface area contributed by atoms with Gasteiger partial charge in [0.1, 0.15) is 24.7 Å². The van der Waals surface area contributed by atoms with Crippen molar-refractivity contribution in [1.82, 2.24) is 16.2 Å². The van der Waals surface area contributed by atoms with Crippen LogP contribution in [0.25, 0.3) is 0 Å². The van der Waals surface area contributed by atoms with Crippen LogP contribution in [-0.4, -0.2) is 44.4 Å². The number of amides is 2. The van der Waals surface area contributed by atoms with Gasteiger partial charge in [-0.15, -0.1) is 0 Å². The predicted octanol–water partition coefficient (Wildman–Crippen LogP) is 3.11.